The zero-order valence-electron chi connectivity index (χ0n) is 8.17. The Morgan fingerprint density at radius 1 is 1.00 bits per heavy atom. The minimum absolute atomic E-state index is 0.0915. The number of hydrogen-bond acceptors (Lipinski definition) is 3. The molecule has 82 valence electrons. The van der Waals surface area contributed by atoms with Crippen LogP contribution in [0.1, 0.15) is 0 Å². The van der Waals surface area contributed by atoms with Crippen LogP contribution in [0.5, 0.6) is 0 Å². The highest BCUT2D eigenvalue weighted by molar-refractivity contribution is 8.13. The predicted octanol–water partition coefficient (Wildman–Crippen LogP) is 2.68. The molecule has 0 saturated carbocycles. The Morgan fingerprint density at radius 2 is 1.69 bits per heavy atom. The molecule has 0 bridgehead atoms. The van der Waals surface area contributed by atoms with Crippen LogP contribution in [0.25, 0.3) is 11.3 Å². The first kappa shape index (κ1) is 11.1. The Hall–Kier alpha value is -1.39. The molecule has 0 aliphatic heterocycles. The molecule has 2 aromatic rings. The summed E-state index contributed by atoms with van der Waals surface area (Å²) in [6.45, 7) is 0. The quantitative estimate of drug-likeness (QED) is 0.773. The number of halogens is 1. The number of nitrogens with zero attached hydrogens (tertiary/aromatic N) is 1. The highest BCUT2D eigenvalue weighted by atomic mass is 35.7. The van der Waals surface area contributed by atoms with Crippen LogP contribution in [0.15, 0.2) is 53.6 Å². The molecule has 1 aromatic heterocycles. The molecule has 0 atom stereocenters. The van der Waals surface area contributed by atoms with Crippen LogP contribution < -0.4 is 0 Å². The van der Waals surface area contributed by atoms with Crippen LogP contribution in [-0.4, -0.2) is 13.4 Å². The average molecular weight is 254 g/mol. The molecule has 16 heavy (non-hydrogen) atoms. The molecule has 1 aromatic carbocycles. The van der Waals surface area contributed by atoms with Gasteiger partial charge in [0.2, 0.25) is 0 Å². The van der Waals surface area contributed by atoms with Gasteiger partial charge < -0.3 is 0 Å². The van der Waals surface area contributed by atoms with Gasteiger partial charge in [0.05, 0.1) is 10.6 Å². The number of rotatable bonds is 2. The molecule has 1 heterocycles. The largest absolute Gasteiger partial charge is 0.261 e. The highest BCUT2D eigenvalue weighted by Gasteiger charge is 2.09. The van der Waals surface area contributed by atoms with E-state index in [1.165, 1.54) is 12.1 Å². The lowest BCUT2D eigenvalue weighted by Crippen LogP contribution is -1.90. The van der Waals surface area contributed by atoms with Gasteiger partial charge in [-0.25, -0.2) is 8.42 Å². The lowest BCUT2D eigenvalue weighted by Gasteiger charge is -2.01. The minimum atomic E-state index is -3.65. The van der Waals surface area contributed by atoms with Gasteiger partial charge in [-0.1, -0.05) is 18.2 Å². The van der Waals surface area contributed by atoms with Crippen LogP contribution in [0.3, 0.4) is 0 Å². The van der Waals surface area contributed by atoms with Crippen molar-refractivity contribution in [2.45, 2.75) is 4.90 Å². The molecule has 3 nitrogen and oxygen atoms in total. The monoisotopic (exact) mass is 253 g/mol. The van der Waals surface area contributed by atoms with E-state index in [0.717, 1.165) is 11.3 Å². The van der Waals surface area contributed by atoms with Gasteiger partial charge >= 0.3 is 0 Å². The first-order valence-corrected chi connectivity index (χ1v) is 6.84. The SMILES string of the molecule is O=S(=O)(Cl)c1ccc(-c2ccccn2)cc1. The van der Waals surface area contributed by atoms with Crippen molar-refractivity contribution in [1.82, 2.24) is 4.98 Å². The van der Waals surface area contributed by atoms with Gasteiger partial charge in [-0.2, -0.15) is 0 Å². The van der Waals surface area contributed by atoms with E-state index in [1.807, 2.05) is 18.2 Å². The topological polar surface area (TPSA) is 47.0 Å². The minimum Gasteiger partial charge on any atom is -0.256 e. The number of hydrogen-bond donors (Lipinski definition) is 0. The van der Waals surface area contributed by atoms with E-state index in [0.29, 0.717) is 0 Å². The molecule has 0 aliphatic carbocycles. The molecule has 0 radical (unpaired) electrons. The Balaban J connectivity index is 2.41. The standard InChI is InChI=1S/C11H8ClNO2S/c12-16(14,15)10-6-4-9(5-7-10)11-3-1-2-8-13-11/h1-8H. The van der Waals surface area contributed by atoms with Crippen molar-refractivity contribution in [3.63, 3.8) is 0 Å². The van der Waals surface area contributed by atoms with Crippen molar-refractivity contribution in [3.05, 3.63) is 48.7 Å². The summed E-state index contributed by atoms with van der Waals surface area (Å²) in [4.78, 5) is 4.25. The van der Waals surface area contributed by atoms with E-state index in [4.69, 9.17) is 10.7 Å². The summed E-state index contributed by atoms with van der Waals surface area (Å²) in [6, 6.07) is 11.8. The maximum Gasteiger partial charge on any atom is 0.261 e. The second kappa shape index (κ2) is 4.23. The Morgan fingerprint density at radius 3 is 2.19 bits per heavy atom. The zero-order valence-corrected chi connectivity index (χ0v) is 9.74. The summed E-state index contributed by atoms with van der Waals surface area (Å²) < 4.78 is 22.1. The molecule has 0 spiro atoms. The summed E-state index contributed by atoms with van der Waals surface area (Å²) in [5, 5.41) is 0. The van der Waals surface area contributed by atoms with E-state index >= 15 is 0 Å². The third-order valence-electron chi connectivity index (χ3n) is 2.10. The van der Waals surface area contributed by atoms with E-state index in [9.17, 15) is 8.42 Å². The lowest BCUT2D eigenvalue weighted by atomic mass is 10.1. The normalized spacial score (nSPS) is 11.3. The summed E-state index contributed by atoms with van der Waals surface area (Å²) in [5.41, 5.74) is 1.64. The summed E-state index contributed by atoms with van der Waals surface area (Å²) in [6.07, 6.45) is 1.68. The van der Waals surface area contributed by atoms with Gasteiger partial charge in [0.15, 0.2) is 0 Å². The summed E-state index contributed by atoms with van der Waals surface area (Å²) >= 11 is 0. The maximum atomic E-state index is 11.0. The second-order valence-electron chi connectivity index (χ2n) is 3.18. The first-order valence-electron chi connectivity index (χ1n) is 4.53. The molecular formula is C11H8ClNO2S. The van der Waals surface area contributed by atoms with Crippen LogP contribution in [-0.2, 0) is 9.05 Å². The molecule has 0 N–H and O–H groups in total. The lowest BCUT2D eigenvalue weighted by molar-refractivity contribution is 0.609. The van der Waals surface area contributed by atoms with Crippen LogP contribution in [0, 0.1) is 0 Å². The fourth-order valence-electron chi connectivity index (χ4n) is 1.32. The second-order valence-corrected chi connectivity index (χ2v) is 5.74. The number of pyridine rings is 1. The summed E-state index contributed by atoms with van der Waals surface area (Å²) in [5.74, 6) is 0. The van der Waals surface area contributed by atoms with Crippen molar-refractivity contribution in [2.75, 3.05) is 0 Å². The molecule has 0 aliphatic rings. The van der Waals surface area contributed by atoms with Crippen molar-refractivity contribution in [1.29, 1.82) is 0 Å². The highest BCUT2D eigenvalue weighted by Crippen LogP contribution is 2.20. The zero-order chi connectivity index (χ0) is 11.6. The van der Waals surface area contributed by atoms with Crippen molar-refractivity contribution in [2.24, 2.45) is 0 Å². The number of benzene rings is 1. The Kier molecular flexibility index (Phi) is 2.94. The first-order chi connectivity index (χ1) is 7.57. The molecule has 0 fully saturated rings. The van der Waals surface area contributed by atoms with E-state index in [-0.39, 0.29) is 4.90 Å². The molecule has 5 heteroatoms. The van der Waals surface area contributed by atoms with Gasteiger partial charge in [0.25, 0.3) is 9.05 Å². The van der Waals surface area contributed by atoms with Crippen molar-refractivity contribution >= 4 is 19.7 Å². The van der Waals surface area contributed by atoms with Gasteiger partial charge in [0.1, 0.15) is 0 Å². The molecule has 2 rings (SSSR count). The van der Waals surface area contributed by atoms with Gasteiger partial charge in [-0.3, -0.25) is 4.98 Å². The Bertz CT molecular complexity index is 579. The van der Waals surface area contributed by atoms with Gasteiger partial charge in [-0.15, -0.1) is 0 Å². The smallest absolute Gasteiger partial charge is 0.256 e. The molecule has 0 unspecified atom stereocenters. The van der Waals surface area contributed by atoms with Crippen LogP contribution in [0.2, 0.25) is 0 Å². The Labute approximate surface area is 98.1 Å². The fraction of sp³-hybridized carbons (Fsp3) is 0. The third kappa shape index (κ3) is 2.40. The molecule has 0 saturated heterocycles. The average Bonchev–Trinajstić information content (AvgIpc) is 2.29. The van der Waals surface area contributed by atoms with Crippen molar-refractivity contribution < 1.29 is 8.42 Å². The van der Waals surface area contributed by atoms with Gasteiger partial charge in [-0.05, 0) is 24.3 Å². The van der Waals surface area contributed by atoms with E-state index < -0.39 is 9.05 Å². The van der Waals surface area contributed by atoms with E-state index in [2.05, 4.69) is 4.98 Å². The van der Waals surface area contributed by atoms with Crippen LogP contribution >= 0.6 is 10.7 Å². The fourth-order valence-corrected chi connectivity index (χ4v) is 2.09. The predicted molar refractivity (Wildman–Crippen MR) is 62.7 cm³/mol. The van der Waals surface area contributed by atoms with Gasteiger partial charge in [0, 0.05) is 22.4 Å². The molecule has 0 amide bonds. The number of aromatic nitrogens is 1. The molecular weight excluding hydrogens is 246 g/mol. The maximum absolute atomic E-state index is 11.0. The summed E-state index contributed by atoms with van der Waals surface area (Å²) in [7, 11) is 1.56. The van der Waals surface area contributed by atoms with E-state index in [1.54, 1.807) is 18.3 Å². The van der Waals surface area contributed by atoms with Crippen molar-refractivity contribution in [3.8, 4) is 11.3 Å². The third-order valence-corrected chi connectivity index (χ3v) is 3.47. The van der Waals surface area contributed by atoms with Crippen LogP contribution in [0.4, 0.5) is 0 Å².